The largest absolute Gasteiger partial charge is 0.497 e. The van der Waals surface area contributed by atoms with Crippen molar-refractivity contribution in [2.75, 3.05) is 18.6 Å². The predicted molar refractivity (Wildman–Crippen MR) is 151 cm³/mol. The van der Waals surface area contributed by atoms with Gasteiger partial charge in [-0.3, -0.25) is 14.5 Å². The molecule has 1 aliphatic rings. The van der Waals surface area contributed by atoms with Crippen molar-refractivity contribution in [1.29, 1.82) is 0 Å². The first kappa shape index (κ1) is 30.7. The molecular weight excluding hydrogens is 588 g/mol. The normalized spacial score (nSPS) is 14.7. The highest BCUT2D eigenvalue weighted by molar-refractivity contribution is 6.03. The summed E-state index contributed by atoms with van der Waals surface area (Å²) in [6.45, 7) is 2.44. The van der Waals surface area contributed by atoms with E-state index in [1.54, 1.807) is 42.5 Å². The van der Waals surface area contributed by atoms with Crippen molar-refractivity contribution in [3.05, 3.63) is 113 Å². The lowest BCUT2D eigenvalue weighted by molar-refractivity contribution is -0.143. The molecule has 1 aromatic heterocycles. The molecule has 0 aliphatic carbocycles. The molecule has 44 heavy (non-hydrogen) atoms. The van der Waals surface area contributed by atoms with Crippen LogP contribution in [-0.4, -0.2) is 41.0 Å². The van der Waals surface area contributed by atoms with E-state index in [9.17, 15) is 35.9 Å². The third kappa shape index (κ3) is 5.76. The molecule has 0 radical (unpaired) electrons. The van der Waals surface area contributed by atoms with Gasteiger partial charge in [-0.2, -0.15) is 26.3 Å². The topological polar surface area (TPSA) is 54.8 Å². The van der Waals surface area contributed by atoms with Crippen LogP contribution >= 0.6 is 0 Å². The van der Waals surface area contributed by atoms with Crippen molar-refractivity contribution >= 4 is 17.5 Å². The zero-order valence-electron chi connectivity index (χ0n) is 23.8. The Bertz CT molecular complexity index is 1660. The molecule has 3 aromatic carbocycles. The molecule has 0 N–H and O–H groups in total. The second-order valence-corrected chi connectivity index (χ2v) is 10.6. The maximum absolute atomic E-state index is 14.2. The summed E-state index contributed by atoms with van der Waals surface area (Å²) >= 11 is 0. The molecule has 0 saturated carbocycles. The van der Waals surface area contributed by atoms with E-state index in [1.807, 2.05) is 29.0 Å². The Morgan fingerprint density at radius 3 is 1.98 bits per heavy atom. The van der Waals surface area contributed by atoms with E-state index in [-0.39, 0.29) is 6.07 Å². The SMILES string of the molecule is COc1ccc(C2c3cccn3-c3ccccc3N2C(=O)CN(C(=O)c2cc(C(F)(F)F)cc(C(F)(F)F)c2)C(C)C)cc1. The van der Waals surface area contributed by atoms with Crippen LogP contribution in [0.3, 0.4) is 0 Å². The minimum atomic E-state index is -5.13. The van der Waals surface area contributed by atoms with Gasteiger partial charge in [0.15, 0.2) is 0 Å². The molecule has 2 heterocycles. The summed E-state index contributed by atoms with van der Waals surface area (Å²) in [4.78, 5) is 30.3. The molecule has 1 aliphatic heterocycles. The molecule has 0 bridgehead atoms. The highest BCUT2D eigenvalue weighted by Crippen LogP contribution is 2.43. The van der Waals surface area contributed by atoms with Crippen LogP contribution in [-0.2, 0) is 17.1 Å². The number of hydrogen-bond acceptors (Lipinski definition) is 3. The summed E-state index contributed by atoms with van der Waals surface area (Å²) in [5.41, 5.74) is -1.42. The van der Waals surface area contributed by atoms with Gasteiger partial charge in [-0.05, 0) is 74.0 Å². The number of halogens is 6. The average molecular weight is 616 g/mol. The van der Waals surface area contributed by atoms with Crippen LogP contribution in [0.25, 0.3) is 5.69 Å². The Kier molecular flexibility index (Phi) is 7.96. The van der Waals surface area contributed by atoms with Crippen molar-refractivity contribution in [3.8, 4) is 11.4 Å². The Balaban J connectivity index is 1.57. The number of ether oxygens (including phenoxy) is 1. The van der Waals surface area contributed by atoms with E-state index < -0.39 is 59.5 Å². The maximum Gasteiger partial charge on any atom is 0.416 e. The number of anilines is 1. The third-order valence-corrected chi connectivity index (χ3v) is 7.44. The zero-order chi connectivity index (χ0) is 32.0. The number of nitrogens with zero attached hydrogens (tertiary/aromatic N) is 3. The lowest BCUT2D eigenvalue weighted by atomic mass is 9.97. The number of methoxy groups -OCH3 is 1. The van der Waals surface area contributed by atoms with Gasteiger partial charge in [-0.1, -0.05) is 24.3 Å². The number of benzene rings is 3. The maximum atomic E-state index is 14.2. The van der Waals surface area contributed by atoms with Gasteiger partial charge in [-0.15, -0.1) is 0 Å². The van der Waals surface area contributed by atoms with E-state index >= 15 is 0 Å². The molecular formula is C32H27F6N3O3. The van der Waals surface area contributed by atoms with Crippen LogP contribution in [0.5, 0.6) is 5.75 Å². The average Bonchev–Trinajstić information content (AvgIpc) is 3.47. The zero-order valence-corrected chi connectivity index (χ0v) is 23.8. The number of hydrogen-bond donors (Lipinski definition) is 0. The molecule has 0 fully saturated rings. The fourth-order valence-corrected chi connectivity index (χ4v) is 5.32. The molecule has 12 heteroatoms. The minimum Gasteiger partial charge on any atom is -0.497 e. The number of amides is 2. The number of rotatable bonds is 6. The van der Waals surface area contributed by atoms with Gasteiger partial charge < -0.3 is 14.2 Å². The first-order valence-electron chi connectivity index (χ1n) is 13.5. The Morgan fingerprint density at radius 1 is 0.841 bits per heavy atom. The summed E-state index contributed by atoms with van der Waals surface area (Å²) in [6, 6.07) is 17.1. The van der Waals surface area contributed by atoms with Gasteiger partial charge in [0.25, 0.3) is 5.91 Å². The van der Waals surface area contributed by atoms with Gasteiger partial charge >= 0.3 is 12.4 Å². The highest BCUT2D eigenvalue weighted by Gasteiger charge is 2.40. The van der Waals surface area contributed by atoms with Crippen molar-refractivity contribution in [2.45, 2.75) is 38.3 Å². The van der Waals surface area contributed by atoms with Crippen molar-refractivity contribution in [3.63, 3.8) is 0 Å². The summed E-state index contributed by atoms with van der Waals surface area (Å²) in [6.07, 6.45) is -8.41. The Morgan fingerprint density at radius 2 is 1.43 bits per heavy atom. The molecule has 230 valence electrons. The van der Waals surface area contributed by atoms with Crippen LogP contribution in [0.4, 0.5) is 32.0 Å². The lowest BCUT2D eigenvalue weighted by Gasteiger charge is -2.40. The molecule has 1 atom stereocenters. The van der Waals surface area contributed by atoms with Crippen LogP contribution < -0.4 is 9.64 Å². The summed E-state index contributed by atoms with van der Waals surface area (Å²) < 4.78 is 88.4. The third-order valence-electron chi connectivity index (χ3n) is 7.44. The van der Waals surface area contributed by atoms with Crippen molar-refractivity contribution < 1.29 is 40.7 Å². The number of carbonyl (C=O) groups excluding carboxylic acids is 2. The van der Waals surface area contributed by atoms with Crippen LogP contribution in [0, 0.1) is 0 Å². The fourth-order valence-electron chi connectivity index (χ4n) is 5.32. The smallest absolute Gasteiger partial charge is 0.416 e. The summed E-state index contributed by atoms with van der Waals surface area (Å²) in [5, 5.41) is 0. The molecule has 4 aromatic rings. The van der Waals surface area contributed by atoms with Crippen molar-refractivity contribution in [2.24, 2.45) is 0 Å². The molecule has 2 amide bonds. The van der Waals surface area contributed by atoms with E-state index in [2.05, 4.69) is 0 Å². The first-order chi connectivity index (χ1) is 20.7. The second-order valence-electron chi connectivity index (χ2n) is 10.6. The minimum absolute atomic E-state index is 0.0408. The molecule has 5 rings (SSSR count). The molecule has 6 nitrogen and oxygen atoms in total. The van der Waals surface area contributed by atoms with E-state index in [0.717, 1.165) is 10.6 Å². The Labute approximate surface area is 249 Å². The molecule has 0 saturated heterocycles. The number of aromatic nitrogens is 1. The van der Waals surface area contributed by atoms with Crippen LogP contribution in [0.1, 0.15) is 52.6 Å². The van der Waals surface area contributed by atoms with Gasteiger partial charge in [0.05, 0.1) is 35.3 Å². The van der Waals surface area contributed by atoms with Crippen LogP contribution in [0.15, 0.2) is 85.1 Å². The van der Waals surface area contributed by atoms with Crippen molar-refractivity contribution in [1.82, 2.24) is 9.47 Å². The van der Waals surface area contributed by atoms with E-state index in [4.69, 9.17) is 4.74 Å². The quantitative estimate of drug-likeness (QED) is 0.211. The summed E-state index contributed by atoms with van der Waals surface area (Å²) in [5.74, 6) is -1.13. The molecule has 0 spiro atoms. The summed E-state index contributed by atoms with van der Waals surface area (Å²) in [7, 11) is 1.52. The molecule has 1 unspecified atom stereocenters. The standard InChI is InChI=1S/C32H27F6N3O3/c1-19(2)40(30(43)21-15-22(31(33,34)35)17-23(16-21)32(36,37)38)18-28(42)41-26-8-5-4-7-25(26)39-14-6-9-27(39)29(41)20-10-12-24(44-3)13-11-20/h4-17,19,29H,18H2,1-3H3. The number of fused-ring (bicyclic) bond motifs is 3. The van der Waals surface area contributed by atoms with Crippen LogP contribution in [0.2, 0.25) is 0 Å². The van der Waals surface area contributed by atoms with E-state index in [1.165, 1.54) is 25.9 Å². The number of carbonyl (C=O) groups is 2. The highest BCUT2D eigenvalue weighted by atomic mass is 19.4. The first-order valence-corrected chi connectivity index (χ1v) is 13.5. The number of para-hydroxylation sites is 2. The van der Waals surface area contributed by atoms with Gasteiger partial charge in [0, 0.05) is 17.8 Å². The van der Waals surface area contributed by atoms with Gasteiger partial charge in [-0.25, -0.2) is 0 Å². The van der Waals surface area contributed by atoms with Gasteiger partial charge in [0.2, 0.25) is 5.91 Å². The second kappa shape index (κ2) is 11.4. The monoisotopic (exact) mass is 615 g/mol. The predicted octanol–water partition coefficient (Wildman–Crippen LogP) is 7.51. The van der Waals surface area contributed by atoms with E-state index in [0.29, 0.717) is 34.8 Å². The lowest BCUT2D eigenvalue weighted by Crippen LogP contribution is -2.48. The Hall–Kier alpha value is -4.74. The van der Waals surface area contributed by atoms with Gasteiger partial charge in [0.1, 0.15) is 18.3 Å². The number of alkyl halides is 6. The fraction of sp³-hybridized carbons (Fsp3) is 0.250.